The van der Waals surface area contributed by atoms with Crippen LogP contribution in [0.1, 0.15) is 0 Å². The summed E-state index contributed by atoms with van der Waals surface area (Å²) in [6.45, 7) is 0. The van der Waals surface area contributed by atoms with E-state index >= 15 is 0 Å². The maximum atomic E-state index is 13.0. The Kier molecular flexibility index (Phi) is 4.76. The van der Waals surface area contributed by atoms with Crippen LogP contribution in [0.4, 0.5) is 15.8 Å². The van der Waals surface area contributed by atoms with Crippen molar-refractivity contribution >= 4 is 40.3 Å². The molecule has 2 N–H and O–H groups in total. The fourth-order valence-electron chi connectivity index (χ4n) is 1.61. The Hall–Kier alpha value is -1.85. The quantitative estimate of drug-likeness (QED) is 0.828. The monoisotopic (exact) mass is 310 g/mol. The third-order valence-corrected chi connectivity index (χ3v) is 3.05. The molecule has 0 fully saturated rings. The van der Waals surface area contributed by atoms with Crippen LogP contribution in [0.3, 0.4) is 0 Å². The first-order valence-corrected chi connectivity index (χ1v) is 6.55. The van der Waals surface area contributed by atoms with E-state index in [9.17, 15) is 4.39 Å². The van der Waals surface area contributed by atoms with Gasteiger partial charge in [-0.25, -0.2) is 4.39 Å². The van der Waals surface area contributed by atoms with Gasteiger partial charge in [0.1, 0.15) is 11.6 Å². The van der Waals surface area contributed by atoms with Crippen molar-refractivity contribution < 1.29 is 9.13 Å². The summed E-state index contributed by atoms with van der Waals surface area (Å²) in [6.07, 6.45) is 0. The van der Waals surface area contributed by atoms with Crippen LogP contribution < -0.4 is 15.4 Å². The number of rotatable bonds is 3. The summed E-state index contributed by atoms with van der Waals surface area (Å²) in [5.41, 5.74) is 1.26. The number of hydrogen-bond acceptors (Lipinski definition) is 2. The zero-order valence-corrected chi connectivity index (χ0v) is 12.2. The number of para-hydroxylation sites is 2. The van der Waals surface area contributed by atoms with Crippen molar-refractivity contribution in [2.45, 2.75) is 0 Å². The minimum Gasteiger partial charge on any atom is -0.495 e. The molecular formula is C14H12ClFN2OS. The van der Waals surface area contributed by atoms with Crippen LogP contribution in [0.5, 0.6) is 5.75 Å². The summed E-state index contributed by atoms with van der Waals surface area (Å²) in [6, 6.07) is 11.4. The molecule has 0 atom stereocenters. The third kappa shape index (κ3) is 3.59. The molecule has 0 spiro atoms. The minimum atomic E-state index is -0.399. The van der Waals surface area contributed by atoms with Crippen LogP contribution in [0.25, 0.3) is 0 Å². The van der Waals surface area contributed by atoms with Crippen molar-refractivity contribution in [1.82, 2.24) is 0 Å². The first-order valence-electron chi connectivity index (χ1n) is 5.76. The van der Waals surface area contributed by atoms with E-state index in [1.807, 2.05) is 24.3 Å². The second kappa shape index (κ2) is 6.54. The number of thiocarbonyl (C=S) groups is 1. The highest BCUT2D eigenvalue weighted by molar-refractivity contribution is 7.80. The van der Waals surface area contributed by atoms with Gasteiger partial charge in [0.25, 0.3) is 0 Å². The van der Waals surface area contributed by atoms with Crippen LogP contribution in [0, 0.1) is 5.82 Å². The summed E-state index contributed by atoms with van der Waals surface area (Å²) in [7, 11) is 1.58. The molecule has 2 aromatic rings. The van der Waals surface area contributed by atoms with Gasteiger partial charge in [-0.1, -0.05) is 23.7 Å². The Morgan fingerprint density at radius 2 is 1.85 bits per heavy atom. The average Bonchev–Trinajstić information content (AvgIpc) is 2.42. The molecule has 0 aliphatic heterocycles. The second-order valence-corrected chi connectivity index (χ2v) is 4.72. The Balaban J connectivity index is 2.09. The summed E-state index contributed by atoms with van der Waals surface area (Å²) < 4.78 is 18.2. The molecule has 3 nitrogen and oxygen atoms in total. The fourth-order valence-corrected chi connectivity index (χ4v) is 2.05. The molecule has 0 aromatic heterocycles. The van der Waals surface area contributed by atoms with Crippen LogP contribution >= 0.6 is 23.8 Å². The van der Waals surface area contributed by atoms with E-state index in [-0.39, 0.29) is 5.02 Å². The minimum absolute atomic E-state index is 0.258. The predicted molar refractivity (Wildman–Crippen MR) is 84.2 cm³/mol. The Morgan fingerprint density at radius 1 is 1.15 bits per heavy atom. The Labute approximate surface area is 126 Å². The number of hydrogen-bond donors (Lipinski definition) is 2. The number of methoxy groups -OCH3 is 1. The molecular weight excluding hydrogens is 299 g/mol. The molecule has 0 saturated carbocycles. The van der Waals surface area contributed by atoms with E-state index in [1.54, 1.807) is 7.11 Å². The van der Waals surface area contributed by atoms with Gasteiger partial charge >= 0.3 is 0 Å². The molecule has 0 radical (unpaired) electrons. The highest BCUT2D eigenvalue weighted by Gasteiger charge is 2.06. The van der Waals surface area contributed by atoms with E-state index in [4.69, 9.17) is 28.6 Å². The second-order valence-electron chi connectivity index (χ2n) is 3.90. The van der Waals surface area contributed by atoms with Crippen molar-refractivity contribution in [2.24, 2.45) is 0 Å². The third-order valence-electron chi connectivity index (χ3n) is 2.53. The first kappa shape index (κ1) is 14.6. The molecule has 2 rings (SSSR count). The van der Waals surface area contributed by atoms with Gasteiger partial charge in [0.05, 0.1) is 23.5 Å². The summed E-state index contributed by atoms with van der Waals surface area (Å²) >= 11 is 11.1. The fraction of sp³-hybridized carbons (Fsp3) is 0.0714. The van der Waals surface area contributed by atoms with E-state index in [0.717, 1.165) is 5.69 Å². The molecule has 20 heavy (non-hydrogen) atoms. The van der Waals surface area contributed by atoms with E-state index < -0.39 is 5.82 Å². The van der Waals surface area contributed by atoms with Crippen LogP contribution in [-0.4, -0.2) is 12.2 Å². The molecule has 0 heterocycles. The molecule has 0 unspecified atom stereocenters. The largest absolute Gasteiger partial charge is 0.495 e. The van der Waals surface area contributed by atoms with Gasteiger partial charge in [0.15, 0.2) is 5.11 Å². The summed E-state index contributed by atoms with van der Waals surface area (Å²) in [5, 5.41) is 6.49. The number of benzene rings is 2. The molecule has 2 aromatic carbocycles. The Bertz CT molecular complexity index is 636. The van der Waals surface area contributed by atoms with Crippen LogP contribution in [0.2, 0.25) is 5.02 Å². The van der Waals surface area contributed by atoms with Gasteiger partial charge in [0.2, 0.25) is 0 Å². The van der Waals surface area contributed by atoms with Gasteiger partial charge in [-0.3, -0.25) is 0 Å². The smallest absolute Gasteiger partial charge is 0.175 e. The topological polar surface area (TPSA) is 33.3 Å². The lowest BCUT2D eigenvalue weighted by Gasteiger charge is -2.14. The van der Waals surface area contributed by atoms with Gasteiger partial charge in [0, 0.05) is 0 Å². The maximum Gasteiger partial charge on any atom is 0.175 e. The van der Waals surface area contributed by atoms with Crippen molar-refractivity contribution in [1.29, 1.82) is 0 Å². The van der Waals surface area contributed by atoms with E-state index in [2.05, 4.69) is 10.6 Å². The predicted octanol–water partition coefficient (Wildman–Crippen LogP) is 4.30. The van der Waals surface area contributed by atoms with Gasteiger partial charge in [-0.15, -0.1) is 0 Å². The van der Waals surface area contributed by atoms with Crippen molar-refractivity contribution in [2.75, 3.05) is 17.7 Å². The molecule has 0 aliphatic carbocycles. The van der Waals surface area contributed by atoms with Crippen molar-refractivity contribution in [3.8, 4) is 5.75 Å². The zero-order chi connectivity index (χ0) is 14.5. The molecule has 0 saturated heterocycles. The first-order chi connectivity index (χ1) is 9.60. The SMILES string of the molecule is COc1ccccc1NC(=S)Nc1ccc(F)cc1Cl. The van der Waals surface area contributed by atoms with E-state index in [1.165, 1.54) is 18.2 Å². The number of nitrogens with one attached hydrogen (secondary N) is 2. The number of ether oxygens (including phenoxy) is 1. The van der Waals surface area contributed by atoms with Crippen molar-refractivity contribution in [3.63, 3.8) is 0 Å². The lowest BCUT2D eigenvalue weighted by molar-refractivity contribution is 0.417. The summed E-state index contributed by atoms with van der Waals surface area (Å²) in [4.78, 5) is 0. The van der Waals surface area contributed by atoms with Crippen LogP contribution in [0.15, 0.2) is 42.5 Å². The van der Waals surface area contributed by atoms with E-state index in [0.29, 0.717) is 16.5 Å². The van der Waals surface area contributed by atoms with Crippen molar-refractivity contribution in [3.05, 3.63) is 53.3 Å². The number of anilines is 2. The highest BCUT2D eigenvalue weighted by Crippen LogP contribution is 2.25. The van der Waals surface area contributed by atoms with Gasteiger partial charge < -0.3 is 15.4 Å². The van der Waals surface area contributed by atoms with Gasteiger partial charge in [-0.2, -0.15) is 0 Å². The molecule has 0 bridgehead atoms. The lowest BCUT2D eigenvalue weighted by atomic mass is 10.3. The Morgan fingerprint density at radius 3 is 2.55 bits per heavy atom. The summed E-state index contributed by atoms with van der Waals surface area (Å²) in [5.74, 6) is 0.269. The van der Waals surface area contributed by atoms with Gasteiger partial charge in [-0.05, 0) is 42.5 Å². The highest BCUT2D eigenvalue weighted by atomic mass is 35.5. The molecule has 6 heteroatoms. The van der Waals surface area contributed by atoms with Crippen LogP contribution in [-0.2, 0) is 0 Å². The normalized spacial score (nSPS) is 9.95. The molecule has 104 valence electrons. The maximum absolute atomic E-state index is 13.0. The zero-order valence-electron chi connectivity index (χ0n) is 10.6. The molecule has 0 aliphatic rings. The number of halogens is 2. The average molecular weight is 311 g/mol. The lowest BCUT2D eigenvalue weighted by Crippen LogP contribution is -2.19. The standard InChI is InChI=1S/C14H12ClFN2OS/c1-19-13-5-3-2-4-12(13)18-14(20)17-11-7-6-9(16)8-10(11)15/h2-8H,1H3,(H2,17,18,20). The molecule has 0 amide bonds.